The highest BCUT2D eigenvalue weighted by Gasteiger charge is 2.18. The van der Waals surface area contributed by atoms with Crippen LogP contribution < -0.4 is 0 Å². The number of pyridine rings is 1. The molecule has 0 amide bonds. The van der Waals surface area contributed by atoms with Gasteiger partial charge in [-0.25, -0.2) is 4.98 Å². The number of hydrogen-bond donors (Lipinski definition) is 0. The van der Waals surface area contributed by atoms with E-state index in [1.54, 1.807) is 0 Å². The molecule has 0 radical (unpaired) electrons. The highest BCUT2D eigenvalue weighted by Crippen LogP contribution is 2.45. The average molecular weight is 501 g/mol. The van der Waals surface area contributed by atoms with Gasteiger partial charge >= 0.3 is 0 Å². The molecular formula is C35H20N2S. The van der Waals surface area contributed by atoms with Gasteiger partial charge in [0.05, 0.1) is 11.0 Å². The van der Waals surface area contributed by atoms with Crippen molar-refractivity contribution in [2.24, 2.45) is 0 Å². The normalized spacial score (nSPS) is 12.2. The molecule has 0 aliphatic heterocycles. The van der Waals surface area contributed by atoms with Crippen LogP contribution in [0.25, 0.3) is 80.1 Å². The second kappa shape index (κ2) is 7.41. The first-order valence-corrected chi connectivity index (χ1v) is 13.7. The number of hydrogen-bond acceptors (Lipinski definition) is 2. The van der Waals surface area contributed by atoms with Crippen LogP contribution in [-0.4, -0.2) is 9.55 Å². The van der Waals surface area contributed by atoms with Gasteiger partial charge in [0, 0.05) is 42.5 Å². The van der Waals surface area contributed by atoms with Crippen molar-refractivity contribution in [2.45, 2.75) is 0 Å². The Balaban J connectivity index is 1.55. The predicted molar refractivity (Wildman–Crippen MR) is 164 cm³/mol. The van der Waals surface area contributed by atoms with Gasteiger partial charge in [-0.15, -0.1) is 11.3 Å². The Bertz CT molecular complexity index is 2390. The molecule has 0 aliphatic rings. The molecular weight excluding hydrogens is 480 g/mol. The Morgan fingerprint density at radius 2 is 1.16 bits per heavy atom. The minimum atomic E-state index is 0.940. The van der Waals surface area contributed by atoms with Gasteiger partial charge in [0.2, 0.25) is 0 Å². The molecule has 0 unspecified atom stereocenters. The number of nitrogens with zero attached hydrogens (tertiary/aromatic N) is 2. The van der Waals surface area contributed by atoms with E-state index in [4.69, 9.17) is 4.98 Å². The molecule has 2 nitrogen and oxygen atoms in total. The van der Waals surface area contributed by atoms with Gasteiger partial charge in [-0.05, 0) is 63.3 Å². The van der Waals surface area contributed by atoms with Gasteiger partial charge < -0.3 is 0 Å². The van der Waals surface area contributed by atoms with Crippen LogP contribution in [0, 0.1) is 0 Å². The average Bonchev–Trinajstić information content (AvgIpc) is 3.52. The summed E-state index contributed by atoms with van der Waals surface area (Å²) in [5, 5.41) is 13.0. The van der Waals surface area contributed by atoms with Crippen LogP contribution in [0.2, 0.25) is 0 Å². The van der Waals surface area contributed by atoms with Crippen molar-refractivity contribution in [2.75, 3.05) is 0 Å². The Morgan fingerprint density at radius 1 is 0.474 bits per heavy atom. The van der Waals surface area contributed by atoms with Gasteiger partial charge in [-0.2, -0.15) is 0 Å². The van der Waals surface area contributed by atoms with Crippen LogP contribution in [0.3, 0.4) is 0 Å². The van der Waals surface area contributed by atoms with E-state index in [1.165, 1.54) is 74.3 Å². The molecule has 0 aliphatic carbocycles. The van der Waals surface area contributed by atoms with Crippen molar-refractivity contribution in [1.29, 1.82) is 0 Å². The fourth-order valence-electron chi connectivity index (χ4n) is 6.41. The van der Waals surface area contributed by atoms with E-state index in [2.05, 4.69) is 114 Å². The van der Waals surface area contributed by atoms with Crippen molar-refractivity contribution >= 4 is 85.6 Å². The van der Waals surface area contributed by atoms with Gasteiger partial charge in [-0.3, -0.25) is 4.57 Å². The Hall–Kier alpha value is -4.73. The SMILES string of the molecule is c1ccc(-n2c3ccccc3c3cc4c5ccccc5c5c(ccc6c7ccccc7sc65)c4cc32)nc1. The maximum absolute atomic E-state index is 4.74. The molecule has 176 valence electrons. The van der Waals surface area contributed by atoms with E-state index in [0.717, 1.165) is 5.82 Å². The van der Waals surface area contributed by atoms with E-state index in [9.17, 15) is 0 Å². The summed E-state index contributed by atoms with van der Waals surface area (Å²) in [6.07, 6.45) is 1.87. The molecule has 9 rings (SSSR count). The third-order valence-electron chi connectivity index (χ3n) is 8.01. The minimum absolute atomic E-state index is 0.940. The second-order valence-corrected chi connectivity index (χ2v) is 11.0. The van der Waals surface area contributed by atoms with Crippen molar-refractivity contribution in [3.8, 4) is 5.82 Å². The lowest BCUT2D eigenvalue weighted by atomic mass is 9.92. The first kappa shape index (κ1) is 20.3. The molecule has 0 saturated carbocycles. The molecule has 0 spiro atoms. The summed E-state index contributed by atoms with van der Waals surface area (Å²) in [7, 11) is 0. The van der Waals surface area contributed by atoms with E-state index in [0.29, 0.717) is 0 Å². The molecule has 0 atom stereocenters. The maximum atomic E-state index is 4.74. The second-order valence-electron chi connectivity index (χ2n) is 9.96. The topological polar surface area (TPSA) is 17.8 Å². The highest BCUT2D eigenvalue weighted by molar-refractivity contribution is 7.26. The Kier molecular flexibility index (Phi) is 3.96. The fourth-order valence-corrected chi connectivity index (χ4v) is 7.67. The molecule has 38 heavy (non-hydrogen) atoms. The van der Waals surface area contributed by atoms with Gasteiger partial charge in [0.1, 0.15) is 5.82 Å². The lowest BCUT2D eigenvalue weighted by Gasteiger charge is -2.13. The molecule has 3 aromatic heterocycles. The van der Waals surface area contributed by atoms with Crippen molar-refractivity contribution in [1.82, 2.24) is 9.55 Å². The predicted octanol–water partition coefficient (Wildman–Crippen LogP) is 10.0. The van der Waals surface area contributed by atoms with Gasteiger partial charge in [-0.1, -0.05) is 78.9 Å². The van der Waals surface area contributed by atoms with E-state index >= 15 is 0 Å². The van der Waals surface area contributed by atoms with Crippen LogP contribution in [0.4, 0.5) is 0 Å². The van der Waals surface area contributed by atoms with Crippen molar-refractivity contribution in [3.63, 3.8) is 0 Å². The van der Waals surface area contributed by atoms with E-state index in [-0.39, 0.29) is 0 Å². The quantitative estimate of drug-likeness (QED) is 0.205. The highest BCUT2D eigenvalue weighted by atomic mass is 32.1. The van der Waals surface area contributed by atoms with Crippen molar-refractivity contribution in [3.05, 3.63) is 121 Å². The Labute approximate surface area is 222 Å². The fraction of sp³-hybridized carbons (Fsp3) is 0. The lowest BCUT2D eigenvalue weighted by molar-refractivity contribution is 1.08. The lowest BCUT2D eigenvalue weighted by Crippen LogP contribution is -1.96. The summed E-state index contributed by atoms with van der Waals surface area (Å²) >= 11 is 1.91. The molecule has 6 aromatic carbocycles. The summed E-state index contributed by atoms with van der Waals surface area (Å²) in [4.78, 5) is 4.74. The Morgan fingerprint density at radius 3 is 2.03 bits per heavy atom. The molecule has 3 heteroatoms. The number of para-hydroxylation sites is 1. The number of benzene rings is 6. The maximum Gasteiger partial charge on any atom is 0.137 e. The molecule has 0 bridgehead atoms. The van der Waals surface area contributed by atoms with Crippen LogP contribution in [0.5, 0.6) is 0 Å². The number of fused-ring (bicyclic) bond motifs is 13. The monoisotopic (exact) mass is 500 g/mol. The van der Waals surface area contributed by atoms with Crippen LogP contribution in [0.1, 0.15) is 0 Å². The zero-order valence-electron chi connectivity index (χ0n) is 20.3. The summed E-state index contributed by atoms with van der Waals surface area (Å²) in [6.45, 7) is 0. The zero-order valence-corrected chi connectivity index (χ0v) is 21.2. The zero-order chi connectivity index (χ0) is 24.8. The van der Waals surface area contributed by atoms with Crippen molar-refractivity contribution < 1.29 is 0 Å². The molecule has 3 heterocycles. The third-order valence-corrected chi connectivity index (χ3v) is 9.22. The molecule has 0 N–H and O–H groups in total. The first-order chi connectivity index (χ1) is 18.9. The summed E-state index contributed by atoms with van der Waals surface area (Å²) in [6, 6.07) is 42.0. The van der Waals surface area contributed by atoms with Crippen LogP contribution in [-0.2, 0) is 0 Å². The largest absolute Gasteiger partial charge is 0.294 e. The smallest absolute Gasteiger partial charge is 0.137 e. The molecule has 0 saturated heterocycles. The first-order valence-electron chi connectivity index (χ1n) is 12.9. The number of aromatic nitrogens is 2. The summed E-state index contributed by atoms with van der Waals surface area (Å²) < 4.78 is 5.01. The number of thiophene rings is 1. The summed E-state index contributed by atoms with van der Waals surface area (Å²) in [5.74, 6) is 0.940. The van der Waals surface area contributed by atoms with Gasteiger partial charge in [0.15, 0.2) is 0 Å². The van der Waals surface area contributed by atoms with Crippen LogP contribution >= 0.6 is 11.3 Å². The molecule has 9 aromatic rings. The number of rotatable bonds is 1. The van der Waals surface area contributed by atoms with Gasteiger partial charge in [0.25, 0.3) is 0 Å². The van der Waals surface area contributed by atoms with E-state index < -0.39 is 0 Å². The third kappa shape index (κ3) is 2.59. The standard InChI is InChI=1S/C35H20N2S/c1-2-12-24-21(9-1)27-19-29-22-10-3-5-13-30(22)37(33-15-7-8-18-36-33)31(29)20-28(27)25-16-17-26-23-11-4-6-14-32(23)38-35(26)34(24)25/h1-20H. The minimum Gasteiger partial charge on any atom is -0.294 e. The van der Waals surface area contributed by atoms with E-state index in [1.807, 2.05) is 23.6 Å². The summed E-state index contributed by atoms with van der Waals surface area (Å²) in [5.41, 5.74) is 2.36. The molecule has 0 fully saturated rings. The van der Waals surface area contributed by atoms with Crippen LogP contribution in [0.15, 0.2) is 121 Å².